The summed E-state index contributed by atoms with van der Waals surface area (Å²) < 4.78 is 66.9. The van der Waals surface area contributed by atoms with E-state index < -0.39 is 51.6 Å². The van der Waals surface area contributed by atoms with Gasteiger partial charge in [0.25, 0.3) is 5.92 Å². The Labute approximate surface area is 197 Å². The molecule has 0 amide bonds. The fourth-order valence-corrected chi connectivity index (χ4v) is 6.18. The summed E-state index contributed by atoms with van der Waals surface area (Å²) in [5.41, 5.74) is 1.96. The molecule has 3 saturated carbocycles. The van der Waals surface area contributed by atoms with Gasteiger partial charge in [-0.15, -0.1) is 5.10 Å². The Hall–Kier alpha value is -2.89. The average molecular weight is 489 g/mol. The highest BCUT2D eigenvalue weighted by molar-refractivity contribution is 5.44. The standard InChI is InChI=1S/C24H23F4N5O2/c25-17-5-6-18(19(26)7-17)23(34,11-33-14-30-31-32-33)24(27,28)21-8-20(9-21,10-21)15-1-3-16(4-2-15)22(29)12-35-13-22/h1-7,14,34H,8-13,29H2/t20?,21?,23-/m1/s1. The van der Waals surface area contributed by atoms with Crippen LogP contribution in [0.1, 0.15) is 36.0 Å². The molecule has 184 valence electrons. The molecule has 7 rings (SSSR count). The number of tetrazole rings is 1. The second kappa shape index (κ2) is 7.08. The monoisotopic (exact) mass is 489 g/mol. The second-order valence-corrected chi connectivity index (χ2v) is 10.4. The van der Waals surface area contributed by atoms with E-state index in [0.29, 0.717) is 19.3 Å². The van der Waals surface area contributed by atoms with Gasteiger partial charge in [0.05, 0.1) is 25.3 Å². The number of rotatable bonds is 7. The van der Waals surface area contributed by atoms with Crippen LogP contribution in [0.5, 0.6) is 0 Å². The van der Waals surface area contributed by atoms with E-state index in [1.807, 2.05) is 24.3 Å². The van der Waals surface area contributed by atoms with E-state index in [9.17, 15) is 13.9 Å². The molecule has 2 aromatic carbocycles. The summed E-state index contributed by atoms with van der Waals surface area (Å²) in [5, 5.41) is 21.8. The van der Waals surface area contributed by atoms with Crippen LogP contribution in [0.4, 0.5) is 17.6 Å². The van der Waals surface area contributed by atoms with Gasteiger partial charge in [-0.1, -0.05) is 24.3 Å². The van der Waals surface area contributed by atoms with Gasteiger partial charge in [-0.25, -0.2) is 22.2 Å². The van der Waals surface area contributed by atoms with Gasteiger partial charge in [-0.2, -0.15) is 0 Å². The van der Waals surface area contributed by atoms with E-state index in [4.69, 9.17) is 10.5 Å². The predicted molar refractivity (Wildman–Crippen MR) is 114 cm³/mol. The molecule has 1 aromatic heterocycles. The van der Waals surface area contributed by atoms with Gasteiger partial charge in [0, 0.05) is 17.0 Å². The third-order valence-electron chi connectivity index (χ3n) is 8.17. The van der Waals surface area contributed by atoms with Crippen molar-refractivity contribution in [2.45, 2.75) is 48.3 Å². The number of halogens is 4. The van der Waals surface area contributed by atoms with E-state index in [-0.39, 0.29) is 19.3 Å². The number of aromatic nitrogens is 4. The quantitative estimate of drug-likeness (QED) is 0.496. The Morgan fingerprint density at radius 2 is 1.69 bits per heavy atom. The highest BCUT2D eigenvalue weighted by Crippen LogP contribution is 2.80. The van der Waals surface area contributed by atoms with Crippen LogP contribution in [0, 0.1) is 17.0 Å². The minimum Gasteiger partial charge on any atom is -0.377 e. The number of benzene rings is 2. The normalized spacial score (nSPS) is 28.4. The molecular formula is C24H23F4N5O2. The highest BCUT2D eigenvalue weighted by Gasteiger charge is 2.82. The molecule has 2 bridgehead atoms. The molecule has 1 saturated heterocycles. The van der Waals surface area contributed by atoms with Gasteiger partial charge >= 0.3 is 0 Å². The van der Waals surface area contributed by atoms with Crippen LogP contribution in [0.25, 0.3) is 0 Å². The van der Waals surface area contributed by atoms with Gasteiger partial charge < -0.3 is 15.6 Å². The zero-order valence-corrected chi connectivity index (χ0v) is 18.6. The van der Waals surface area contributed by atoms with Crippen molar-refractivity contribution in [1.82, 2.24) is 20.2 Å². The van der Waals surface area contributed by atoms with Crippen molar-refractivity contribution in [3.05, 3.63) is 77.1 Å². The first-order chi connectivity index (χ1) is 16.5. The minimum absolute atomic E-state index is 0.129. The Balaban J connectivity index is 1.30. The van der Waals surface area contributed by atoms with Crippen LogP contribution in [-0.2, 0) is 27.8 Å². The maximum Gasteiger partial charge on any atom is 0.287 e. The topological polar surface area (TPSA) is 99.1 Å². The van der Waals surface area contributed by atoms with E-state index in [0.717, 1.165) is 34.3 Å². The molecule has 4 aliphatic rings. The molecule has 0 radical (unpaired) electrons. The number of nitrogens with zero attached hydrogens (tertiary/aromatic N) is 4. The lowest BCUT2D eigenvalue weighted by atomic mass is 9.30. The first-order valence-electron chi connectivity index (χ1n) is 11.3. The molecule has 7 nitrogen and oxygen atoms in total. The van der Waals surface area contributed by atoms with Crippen LogP contribution < -0.4 is 5.73 Å². The molecule has 4 fully saturated rings. The third kappa shape index (κ3) is 2.98. The van der Waals surface area contributed by atoms with Crippen LogP contribution in [0.2, 0.25) is 0 Å². The summed E-state index contributed by atoms with van der Waals surface area (Å²) in [4.78, 5) is 0. The fourth-order valence-electron chi connectivity index (χ4n) is 6.18. The first kappa shape index (κ1) is 22.6. The Morgan fingerprint density at radius 1 is 1.03 bits per heavy atom. The number of hydrogen-bond acceptors (Lipinski definition) is 6. The molecule has 0 unspecified atom stereocenters. The first-order valence-corrected chi connectivity index (χ1v) is 11.3. The lowest BCUT2D eigenvalue weighted by Gasteiger charge is -2.74. The molecule has 1 atom stereocenters. The summed E-state index contributed by atoms with van der Waals surface area (Å²) in [7, 11) is 0. The van der Waals surface area contributed by atoms with Crippen molar-refractivity contribution < 1.29 is 27.4 Å². The van der Waals surface area contributed by atoms with Crippen molar-refractivity contribution in [2.24, 2.45) is 11.1 Å². The van der Waals surface area contributed by atoms with Gasteiger partial charge in [0.1, 0.15) is 18.0 Å². The SMILES string of the molecule is NC1(c2ccc(C34CC(C(F)(F)[C@@](O)(Cn5cnnn5)c5ccc(F)cc5F)(C3)C4)cc2)COC1. The largest absolute Gasteiger partial charge is 0.377 e. The zero-order valence-electron chi connectivity index (χ0n) is 18.6. The molecule has 2 heterocycles. The van der Waals surface area contributed by atoms with Crippen LogP contribution >= 0.6 is 0 Å². The predicted octanol–water partition coefficient (Wildman–Crippen LogP) is 2.78. The molecule has 3 aromatic rings. The van der Waals surface area contributed by atoms with Crippen molar-refractivity contribution in [3.63, 3.8) is 0 Å². The lowest BCUT2D eigenvalue weighted by molar-refractivity contribution is -0.347. The van der Waals surface area contributed by atoms with Crippen molar-refractivity contribution in [2.75, 3.05) is 13.2 Å². The number of nitrogens with two attached hydrogens (primary N) is 1. The summed E-state index contributed by atoms with van der Waals surface area (Å²) in [6.45, 7) is 0.0823. The van der Waals surface area contributed by atoms with Gasteiger partial charge in [0.2, 0.25) is 0 Å². The number of alkyl halides is 2. The Kier molecular flexibility index (Phi) is 4.57. The highest BCUT2D eigenvalue weighted by atomic mass is 19.3. The van der Waals surface area contributed by atoms with Gasteiger partial charge in [-0.3, -0.25) is 0 Å². The number of hydrogen-bond donors (Lipinski definition) is 2. The van der Waals surface area contributed by atoms with Crippen molar-refractivity contribution >= 4 is 0 Å². The molecule has 0 spiro atoms. The van der Waals surface area contributed by atoms with Gasteiger partial charge in [-0.05, 0) is 58.4 Å². The second-order valence-electron chi connectivity index (χ2n) is 10.4. The zero-order chi connectivity index (χ0) is 24.7. The van der Waals surface area contributed by atoms with E-state index in [2.05, 4.69) is 15.5 Å². The third-order valence-corrected chi connectivity index (χ3v) is 8.17. The summed E-state index contributed by atoms with van der Waals surface area (Å²) in [6, 6.07) is 9.83. The molecule has 11 heteroatoms. The Bertz CT molecular complexity index is 1260. The number of aliphatic hydroxyl groups is 1. The molecule has 3 aliphatic carbocycles. The summed E-state index contributed by atoms with van der Waals surface area (Å²) in [5.74, 6) is -5.94. The maximum absolute atomic E-state index is 16.2. The molecular weight excluding hydrogens is 466 g/mol. The minimum atomic E-state index is -3.75. The molecule has 3 N–H and O–H groups in total. The van der Waals surface area contributed by atoms with E-state index >= 15 is 8.78 Å². The molecule has 35 heavy (non-hydrogen) atoms. The smallest absolute Gasteiger partial charge is 0.287 e. The van der Waals surface area contributed by atoms with Crippen molar-refractivity contribution in [3.8, 4) is 0 Å². The number of ether oxygens (including phenoxy) is 1. The summed E-state index contributed by atoms with van der Waals surface area (Å²) in [6.07, 6.45) is 1.45. The van der Waals surface area contributed by atoms with Crippen LogP contribution in [0.15, 0.2) is 48.8 Å². The van der Waals surface area contributed by atoms with Crippen LogP contribution in [0.3, 0.4) is 0 Å². The summed E-state index contributed by atoms with van der Waals surface area (Å²) >= 11 is 0. The van der Waals surface area contributed by atoms with Gasteiger partial charge in [0.15, 0.2) is 5.60 Å². The van der Waals surface area contributed by atoms with Crippen LogP contribution in [-0.4, -0.2) is 44.5 Å². The van der Waals surface area contributed by atoms with E-state index in [1.165, 1.54) is 0 Å². The average Bonchev–Trinajstić information content (AvgIpc) is 3.23. The molecule has 1 aliphatic heterocycles. The van der Waals surface area contributed by atoms with E-state index in [1.54, 1.807) is 0 Å². The maximum atomic E-state index is 16.2. The fraction of sp³-hybridized carbons (Fsp3) is 0.458. The van der Waals surface area contributed by atoms with Crippen molar-refractivity contribution in [1.29, 1.82) is 0 Å². The lowest BCUT2D eigenvalue weighted by Crippen LogP contribution is -2.76. The Morgan fingerprint density at radius 3 is 2.23 bits per heavy atom.